The summed E-state index contributed by atoms with van der Waals surface area (Å²) in [4.78, 5) is 50.8. The van der Waals surface area contributed by atoms with E-state index in [-0.39, 0.29) is 29.8 Å². The number of carbonyl (C=O) groups is 1. The van der Waals surface area contributed by atoms with Gasteiger partial charge in [-0.05, 0) is 6.07 Å². The van der Waals surface area contributed by atoms with Gasteiger partial charge in [0.1, 0.15) is 6.10 Å². The second-order valence-electron chi connectivity index (χ2n) is 4.95. The topological polar surface area (TPSA) is 137 Å². The minimum absolute atomic E-state index is 0.123. The van der Waals surface area contributed by atoms with Crippen LogP contribution in [-0.4, -0.2) is 32.1 Å². The molecule has 0 saturated heterocycles. The van der Waals surface area contributed by atoms with E-state index in [0.29, 0.717) is 0 Å². The molecule has 23 heavy (non-hydrogen) atoms. The second kappa shape index (κ2) is 6.88. The van der Waals surface area contributed by atoms with Gasteiger partial charge in [-0.25, -0.2) is 4.79 Å². The van der Waals surface area contributed by atoms with Crippen LogP contribution >= 0.6 is 0 Å². The van der Waals surface area contributed by atoms with Crippen molar-refractivity contribution < 1.29 is 9.90 Å². The average molecular weight is 320 g/mol. The molecule has 2 heterocycles. The minimum Gasteiger partial charge on any atom is -0.385 e. The normalized spacial score (nSPS) is 11.9. The lowest BCUT2D eigenvalue weighted by Crippen LogP contribution is -2.37. The van der Waals surface area contributed by atoms with E-state index in [0.717, 1.165) is 4.57 Å². The zero-order valence-corrected chi connectivity index (χ0v) is 12.3. The molecule has 1 unspecified atom stereocenters. The van der Waals surface area contributed by atoms with E-state index in [4.69, 9.17) is 0 Å². The van der Waals surface area contributed by atoms with Crippen LogP contribution in [0.25, 0.3) is 0 Å². The lowest BCUT2D eigenvalue weighted by atomic mass is 10.2. The number of nitrogens with one attached hydrogen (secondary N) is 3. The first-order valence-electron chi connectivity index (χ1n) is 6.80. The SMILES string of the molecule is Cn1c(=O)[nH]cc(CC(=O)NCC(O)c2cccc(=O)[nH]2)c1=O. The van der Waals surface area contributed by atoms with Crippen LogP contribution in [0.1, 0.15) is 17.4 Å². The predicted molar refractivity (Wildman–Crippen MR) is 81.0 cm³/mol. The molecular weight excluding hydrogens is 304 g/mol. The smallest absolute Gasteiger partial charge is 0.328 e. The van der Waals surface area contributed by atoms with Gasteiger partial charge in [0.15, 0.2) is 0 Å². The third-order valence-corrected chi connectivity index (χ3v) is 3.25. The number of aromatic nitrogens is 3. The number of aliphatic hydroxyl groups excluding tert-OH is 1. The van der Waals surface area contributed by atoms with Crippen molar-refractivity contribution in [1.29, 1.82) is 0 Å². The molecule has 2 rings (SSSR count). The van der Waals surface area contributed by atoms with E-state index in [1.165, 1.54) is 31.4 Å². The quantitative estimate of drug-likeness (QED) is 0.513. The van der Waals surface area contributed by atoms with E-state index in [2.05, 4.69) is 15.3 Å². The molecule has 1 amide bonds. The first-order valence-corrected chi connectivity index (χ1v) is 6.80. The Balaban J connectivity index is 1.98. The van der Waals surface area contributed by atoms with Gasteiger partial charge >= 0.3 is 5.69 Å². The second-order valence-corrected chi connectivity index (χ2v) is 4.95. The van der Waals surface area contributed by atoms with E-state index in [9.17, 15) is 24.3 Å². The maximum Gasteiger partial charge on any atom is 0.328 e. The Morgan fingerprint density at radius 1 is 1.35 bits per heavy atom. The van der Waals surface area contributed by atoms with Gasteiger partial charge in [-0.2, -0.15) is 0 Å². The number of hydrogen-bond donors (Lipinski definition) is 4. The van der Waals surface area contributed by atoms with Crippen LogP contribution in [0.5, 0.6) is 0 Å². The molecule has 0 aliphatic heterocycles. The van der Waals surface area contributed by atoms with Crippen molar-refractivity contribution in [2.45, 2.75) is 12.5 Å². The van der Waals surface area contributed by atoms with Gasteiger partial charge in [-0.1, -0.05) is 6.07 Å². The van der Waals surface area contributed by atoms with Crippen molar-refractivity contribution in [3.05, 3.63) is 66.8 Å². The molecule has 0 saturated carbocycles. The van der Waals surface area contributed by atoms with Gasteiger partial charge in [-0.15, -0.1) is 0 Å². The zero-order valence-electron chi connectivity index (χ0n) is 12.3. The molecular formula is C14H16N4O5. The highest BCUT2D eigenvalue weighted by Crippen LogP contribution is 2.05. The number of hydrogen-bond acceptors (Lipinski definition) is 5. The summed E-state index contributed by atoms with van der Waals surface area (Å²) in [6.45, 7) is -0.123. The number of aromatic amines is 2. The molecule has 1 atom stereocenters. The Kier molecular flexibility index (Phi) is 4.91. The van der Waals surface area contributed by atoms with Crippen molar-refractivity contribution in [2.75, 3.05) is 6.54 Å². The van der Waals surface area contributed by atoms with Crippen molar-refractivity contribution in [3.63, 3.8) is 0 Å². The Hall–Kier alpha value is -2.94. The summed E-state index contributed by atoms with van der Waals surface area (Å²) in [5, 5.41) is 12.4. The molecule has 0 radical (unpaired) electrons. The van der Waals surface area contributed by atoms with Crippen molar-refractivity contribution >= 4 is 5.91 Å². The van der Waals surface area contributed by atoms with Crippen molar-refractivity contribution in [1.82, 2.24) is 19.9 Å². The molecule has 0 aliphatic rings. The van der Waals surface area contributed by atoms with Crippen molar-refractivity contribution in [3.8, 4) is 0 Å². The molecule has 0 spiro atoms. The highest BCUT2D eigenvalue weighted by atomic mass is 16.3. The Bertz CT molecular complexity index is 879. The van der Waals surface area contributed by atoms with E-state index in [1.54, 1.807) is 0 Å². The summed E-state index contributed by atoms with van der Waals surface area (Å²) in [6.07, 6.45) is -0.122. The van der Waals surface area contributed by atoms with E-state index >= 15 is 0 Å². The van der Waals surface area contributed by atoms with E-state index in [1.807, 2.05) is 0 Å². The lowest BCUT2D eigenvalue weighted by molar-refractivity contribution is -0.120. The number of carbonyl (C=O) groups excluding carboxylic acids is 1. The maximum atomic E-state index is 11.8. The molecule has 0 aromatic carbocycles. The van der Waals surface area contributed by atoms with Crippen molar-refractivity contribution in [2.24, 2.45) is 7.05 Å². The van der Waals surface area contributed by atoms with Crippen LogP contribution < -0.4 is 22.1 Å². The summed E-state index contributed by atoms with van der Waals surface area (Å²) >= 11 is 0. The number of amides is 1. The van der Waals surface area contributed by atoms with Crippen LogP contribution in [0.4, 0.5) is 0 Å². The summed E-state index contributed by atoms with van der Waals surface area (Å²) in [5.74, 6) is -0.494. The number of nitrogens with zero attached hydrogens (tertiary/aromatic N) is 1. The lowest BCUT2D eigenvalue weighted by Gasteiger charge is -2.11. The molecule has 2 aromatic rings. The van der Waals surface area contributed by atoms with E-state index < -0.39 is 23.3 Å². The highest BCUT2D eigenvalue weighted by Gasteiger charge is 2.13. The van der Waals surface area contributed by atoms with Gasteiger partial charge in [-0.3, -0.25) is 19.0 Å². The largest absolute Gasteiger partial charge is 0.385 e. The van der Waals surface area contributed by atoms with Gasteiger partial charge in [0.25, 0.3) is 5.56 Å². The van der Waals surface area contributed by atoms with Gasteiger partial charge in [0, 0.05) is 37.1 Å². The summed E-state index contributed by atoms with van der Waals surface area (Å²) in [6, 6.07) is 4.32. The molecule has 0 fully saturated rings. The fourth-order valence-electron chi connectivity index (χ4n) is 1.96. The fraction of sp³-hybridized carbons (Fsp3) is 0.286. The minimum atomic E-state index is -1.08. The summed E-state index contributed by atoms with van der Waals surface area (Å²) in [7, 11) is 1.30. The number of pyridine rings is 1. The number of aliphatic hydroxyl groups is 1. The number of H-pyrrole nitrogens is 2. The zero-order chi connectivity index (χ0) is 17.0. The monoisotopic (exact) mass is 320 g/mol. The average Bonchev–Trinajstić information content (AvgIpc) is 2.53. The summed E-state index contributed by atoms with van der Waals surface area (Å²) < 4.78 is 0.867. The molecule has 9 nitrogen and oxygen atoms in total. The standard InChI is InChI=1S/C14H16N4O5/c1-18-13(22)8(6-16-14(18)23)5-12(21)15-7-10(19)9-3-2-4-11(20)17-9/h2-4,6,10,19H,5,7H2,1H3,(H,15,21)(H,16,23)(H,17,20). The number of rotatable bonds is 5. The van der Waals surface area contributed by atoms with Gasteiger partial charge in [0.2, 0.25) is 11.5 Å². The molecule has 4 N–H and O–H groups in total. The first kappa shape index (κ1) is 16.4. The van der Waals surface area contributed by atoms with Gasteiger partial charge < -0.3 is 20.4 Å². The Morgan fingerprint density at radius 2 is 2.09 bits per heavy atom. The molecule has 122 valence electrons. The third kappa shape index (κ3) is 4.04. The predicted octanol–water partition coefficient (Wildman–Crippen LogP) is -1.85. The van der Waals surface area contributed by atoms with Crippen LogP contribution in [-0.2, 0) is 18.3 Å². The Morgan fingerprint density at radius 3 is 2.78 bits per heavy atom. The molecule has 0 aliphatic carbocycles. The van der Waals surface area contributed by atoms with Crippen LogP contribution in [0.2, 0.25) is 0 Å². The maximum absolute atomic E-state index is 11.8. The summed E-state index contributed by atoms with van der Waals surface area (Å²) in [5.41, 5.74) is -1.07. The van der Waals surface area contributed by atoms with Gasteiger partial charge in [0.05, 0.1) is 6.42 Å². The fourth-order valence-corrected chi connectivity index (χ4v) is 1.96. The molecule has 9 heteroatoms. The Labute approximate surface area is 129 Å². The van der Waals surface area contributed by atoms with Crippen LogP contribution in [0.15, 0.2) is 38.8 Å². The highest BCUT2D eigenvalue weighted by molar-refractivity contribution is 5.78. The van der Waals surface area contributed by atoms with Crippen LogP contribution in [0.3, 0.4) is 0 Å². The first-order chi connectivity index (χ1) is 10.9. The third-order valence-electron chi connectivity index (χ3n) is 3.25. The van der Waals surface area contributed by atoms with Crippen LogP contribution in [0, 0.1) is 0 Å². The molecule has 2 aromatic heterocycles. The molecule has 0 bridgehead atoms.